The number of carbonyl (C=O) groups is 1. The van der Waals surface area contributed by atoms with E-state index in [2.05, 4.69) is 28.4 Å². The molecule has 102 valence electrons. The molecule has 4 heteroatoms. The van der Waals surface area contributed by atoms with E-state index in [1.54, 1.807) is 12.3 Å². The van der Waals surface area contributed by atoms with Crippen molar-refractivity contribution in [1.82, 2.24) is 10.2 Å². The zero-order valence-electron chi connectivity index (χ0n) is 11.1. The van der Waals surface area contributed by atoms with E-state index in [9.17, 15) is 9.90 Å². The number of fused-ring (bicyclic) bond motifs is 3. The lowest BCUT2D eigenvalue weighted by Crippen LogP contribution is -2.53. The second-order valence-corrected chi connectivity index (χ2v) is 5.69. The van der Waals surface area contributed by atoms with Crippen molar-refractivity contribution in [2.75, 3.05) is 6.54 Å². The van der Waals surface area contributed by atoms with Gasteiger partial charge in [-0.1, -0.05) is 12.2 Å². The van der Waals surface area contributed by atoms with Gasteiger partial charge in [0.25, 0.3) is 0 Å². The lowest BCUT2D eigenvalue weighted by Gasteiger charge is -2.52. The number of nitrogens with one attached hydrogen (secondary N) is 1. The van der Waals surface area contributed by atoms with E-state index in [1.165, 1.54) is 12.0 Å². The standard InChI is InChI=1S/C16H16N2O2/c19-15(20)12-4-5-13-14-11(3-1-8-17-14)9-16(6-2-7-16)18(13)10-12/h1,3-5,9-10,17H,2,6-8H2,(H,19,20). The van der Waals surface area contributed by atoms with Crippen molar-refractivity contribution in [1.29, 1.82) is 0 Å². The maximum atomic E-state index is 11.2. The van der Waals surface area contributed by atoms with Crippen LogP contribution in [0.1, 0.15) is 19.3 Å². The van der Waals surface area contributed by atoms with Gasteiger partial charge in [-0.25, -0.2) is 4.79 Å². The van der Waals surface area contributed by atoms with Gasteiger partial charge in [0, 0.05) is 12.7 Å². The zero-order chi connectivity index (χ0) is 13.7. The molecule has 0 aromatic heterocycles. The van der Waals surface area contributed by atoms with Crippen LogP contribution in [0, 0.1) is 0 Å². The smallest absolute Gasteiger partial charge is 0.337 e. The van der Waals surface area contributed by atoms with Crippen LogP contribution >= 0.6 is 0 Å². The van der Waals surface area contributed by atoms with E-state index in [0.29, 0.717) is 5.57 Å². The predicted octanol–water partition coefficient (Wildman–Crippen LogP) is 2.06. The maximum Gasteiger partial charge on any atom is 0.337 e. The fourth-order valence-electron chi connectivity index (χ4n) is 3.37. The van der Waals surface area contributed by atoms with Gasteiger partial charge in [-0.2, -0.15) is 0 Å². The Hall–Kier alpha value is -2.23. The Bertz CT molecular complexity index is 645. The Morgan fingerprint density at radius 2 is 2.15 bits per heavy atom. The lowest BCUT2D eigenvalue weighted by molar-refractivity contribution is -0.132. The molecule has 0 amide bonds. The molecule has 1 aliphatic carbocycles. The number of hydrogen-bond donors (Lipinski definition) is 2. The summed E-state index contributed by atoms with van der Waals surface area (Å²) in [4.78, 5) is 13.4. The topological polar surface area (TPSA) is 52.6 Å². The van der Waals surface area contributed by atoms with E-state index in [1.807, 2.05) is 6.08 Å². The van der Waals surface area contributed by atoms with Crippen LogP contribution in [-0.2, 0) is 4.79 Å². The summed E-state index contributed by atoms with van der Waals surface area (Å²) in [5, 5.41) is 12.6. The van der Waals surface area contributed by atoms with Gasteiger partial charge in [-0.15, -0.1) is 0 Å². The summed E-state index contributed by atoms with van der Waals surface area (Å²) in [6, 6.07) is 0. The van der Waals surface area contributed by atoms with Crippen molar-refractivity contribution in [3.05, 3.63) is 59.1 Å². The van der Waals surface area contributed by atoms with Gasteiger partial charge in [-0.05, 0) is 43.1 Å². The molecule has 20 heavy (non-hydrogen) atoms. The monoisotopic (exact) mass is 268 g/mol. The summed E-state index contributed by atoms with van der Waals surface area (Å²) in [5.41, 5.74) is 3.77. The largest absolute Gasteiger partial charge is 0.478 e. The normalized spacial score (nSPS) is 25.3. The van der Waals surface area contributed by atoms with Gasteiger partial charge < -0.3 is 15.3 Å². The number of aliphatic carboxylic acids is 1. The van der Waals surface area contributed by atoms with Gasteiger partial charge in [0.1, 0.15) is 0 Å². The summed E-state index contributed by atoms with van der Waals surface area (Å²) < 4.78 is 0. The van der Waals surface area contributed by atoms with E-state index in [4.69, 9.17) is 0 Å². The molecular formula is C16H16N2O2. The van der Waals surface area contributed by atoms with Gasteiger partial charge in [-0.3, -0.25) is 0 Å². The molecule has 1 saturated carbocycles. The Kier molecular flexibility index (Phi) is 2.25. The molecule has 0 aromatic carbocycles. The molecule has 0 saturated heterocycles. The highest BCUT2D eigenvalue weighted by atomic mass is 16.4. The SMILES string of the molecule is O=C(O)C1=CN2C(=C3NCC=CC3=CC23CCC3)C=C1. The van der Waals surface area contributed by atoms with Crippen molar-refractivity contribution < 1.29 is 9.90 Å². The minimum absolute atomic E-state index is 0.0248. The number of allylic oxidation sites excluding steroid dienone is 2. The number of carboxylic acids is 1. The Morgan fingerprint density at radius 3 is 2.85 bits per heavy atom. The highest BCUT2D eigenvalue weighted by Gasteiger charge is 2.45. The van der Waals surface area contributed by atoms with Crippen LogP contribution in [0.4, 0.5) is 0 Å². The van der Waals surface area contributed by atoms with E-state index < -0.39 is 5.97 Å². The minimum atomic E-state index is -0.869. The first-order valence-corrected chi connectivity index (χ1v) is 7.00. The molecule has 0 atom stereocenters. The molecule has 3 heterocycles. The number of rotatable bonds is 1. The summed E-state index contributed by atoms with van der Waals surface area (Å²) in [7, 11) is 0. The Balaban J connectivity index is 1.87. The Morgan fingerprint density at radius 1 is 1.30 bits per heavy atom. The highest BCUT2D eigenvalue weighted by Crippen LogP contribution is 2.48. The first-order valence-electron chi connectivity index (χ1n) is 7.00. The van der Waals surface area contributed by atoms with E-state index >= 15 is 0 Å². The molecular weight excluding hydrogens is 252 g/mol. The van der Waals surface area contributed by atoms with E-state index in [0.717, 1.165) is 30.8 Å². The van der Waals surface area contributed by atoms with Crippen molar-refractivity contribution in [3.8, 4) is 0 Å². The fourth-order valence-corrected chi connectivity index (χ4v) is 3.37. The van der Waals surface area contributed by atoms with Crippen LogP contribution in [0.15, 0.2) is 59.1 Å². The second-order valence-electron chi connectivity index (χ2n) is 5.69. The highest BCUT2D eigenvalue weighted by molar-refractivity contribution is 5.90. The number of carboxylic acid groups (broad SMARTS) is 1. The molecule has 0 radical (unpaired) electrons. The average molecular weight is 268 g/mol. The molecule has 4 nitrogen and oxygen atoms in total. The molecule has 2 N–H and O–H groups in total. The summed E-state index contributed by atoms with van der Waals surface area (Å²) >= 11 is 0. The first-order chi connectivity index (χ1) is 9.70. The summed E-state index contributed by atoms with van der Waals surface area (Å²) in [6.07, 6.45) is 15.4. The third-order valence-corrected chi connectivity index (χ3v) is 4.56. The second kappa shape index (κ2) is 3.88. The summed E-state index contributed by atoms with van der Waals surface area (Å²) in [5.74, 6) is -0.869. The van der Waals surface area contributed by atoms with Gasteiger partial charge in [0.15, 0.2) is 0 Å². The van der Waals surface area contributed by atoms with Crippen LogP contribution in [0.2, 0.25) is 0 Å². The van der Waals surface area contributed by atoms with Crippen LogP contribution in [0.25, 0.3) is 0 Å². The molecule has 3 aliphatic heterocycles. The van der Waals surface area contributed by atoms with Crippen LogP contribution in [-0.4, -0.2) is 28.1 Å². The molecule has 0 unspecified atom stereocenters. The Labute approximate surface area is 117 Å². The van der Waals surface area contributed by atoms with Crippen LogP contribution in [0.3, 0.4) is 0 Å². The molecule has 1 fully saturated rings. The van der Waals surface area contributed by atoms with Crippen molar-refractivity contribution in [2.45, 2.75) is 24.8 Å². The van der Waals surface area contributed by atoms with Gasteiger partial charge in [0.2, 0.25) is 0 Å². The van der Waals surface area contributed by atoms with Crippen molar-refractivity contribution in [3.63, 3.8) is 0 Å². The fraction of sp³-hybridized carbons (Fsp3) is 0.312. The maximum absolute atomic E-state index is 11.2. The van der Waals surface area contributed by atoms with E-state index in [-0.39, 0.29) is 5.54 Å². The number of nitrogens with zero attached hydrogens (tertiary/aromatic N) is 1. The quantitative estimate of drug-likeness (QED) is 0.764. The molecule has 1 spiro atoms. The third-order valence-electron chi connectivity index (χ3n) is 4.56. The first kappa shape index (κ1) is 11.6. The van der Waals surface area contributed by atoms with Crippen LogP contribution < -0.4 is 5.32 Å². The molecule has 4 aliphatic rings. The van der Waals surface area contributed by atoms with Gasteiger partial charge in [0.05, 0.1) is 22.5 Å². The molecule has 0 bridgehead atoms. The minimum Gasteiger partial charge on any atom is -0.478 e. The molecule has 0 aromatic rings. The number of hydrogen-bond acceptors (Lipinski definition) is 3. The molecule has 4 rings (SSSR count). The predicted molar refractivity (Wildman–Crippen MR) is 75.5 cm³/mol. The van der Waals surface area contributed by atoms with Gasteiger partial charge >= 0.3 is 5.97 Å². The average Bonchev–Trinajstić information content (AvgIpc) is 2.44. The summed E-state index contributed by atoms with van der Waals surface area (Å²) in [6.45, 7) is 0.820. The lowest BCUT2D eigenvalue weighted by atomic mass is 9.71. The zero-order valence-corrected chi connectivity index (χ0v) is 11.1. The van der Waals surface area contributed by atoms with Crippen molar-refractivity contribution in [2.24, 2.45) is 0 Å². The van der Waals surface area contributed by atoms with Crippen LogP contribution in [0.5, 0.6) is 0 Å². The van der Waals surface area contributed by atoms with Crippen molar-refractivity contribution >= 4 is 5.97 Å². The third kappa shape index (κ3) is 1.45.